The first-order valence-electron chi connectivity index (χ1n) is 5.32. The molecule has 0 radical (unpaired) electrons. The van der Waals surface area contributed by atoms with Crippen LogP contribution in [0.3, 0.4) is 0 Å². The van der Waals surface area contributed by atoms with Crippen LogP contribution in [-0.4, -0.2) is 13.7 Å². The fraction of sp³-hybridized carbons (Fsp3) is 0. The second-order valence-corrected chi connectivity index (χ2v) is 4.66. The average Bonchev–Trinajstić information content (AvgIpc) is 2.91. The highest BCUT2D eigenvalue weighted by atomic mass is 35.5. The summed E-state index contributed by atoms with van der Waals surface area (Å²) in [7, 11) is 0. The van der Waals surface area contributed by atoms with Crippen LogP contribution < -0.4 is 5.32 Å². The molecule has 2 aromatic heterocycles. The Morgan fingerprint density at radius 3 is 3.00 bits per heavy atom. The minimum atomic E-state index is 0.525. The van der Waals surface area contributed by atoms with E-state index in [-0.39, 0.29) is 0 Å². The number of fused-ring (bicyclic) bond motifs is 1. The molecule has 0 saturated carbocycles. The Morgan fingerprint density at radius 1 is 1.26 bits per heavy atom. The predicted molar refractivity (Wildman–Crippen MR) is 74.7 cm³/mol. The van der Waals surface area contributed by atoms with E-state index in [1.807, 2.05) is 6.07 Å². The third-order valence-corrected chi connectivity index (χ3v) is 3.38. The number of nitriles is 1. The second-order valence-electron chi connectivity index (χ2n) is 3.72. The van der Waals surface area contributed by atoms with Crippen molar-refractivity contribution in [3.8, 4) is 6.07 Å². The lowest BCUT2D eigenvalue weighted by atomic mass is 10.2. The zero-order valence-corrected chi connectivity index (χ0v) is 11.0. The number of anilines is 2. The van der Waals surface area contributed by atoms with Gasteiger partial charge >= 0.3 is 0 Å². The summed E-state index contributed by atoms with van der Waals surface area (Å²) in [6, 6.07) is 8.91. The molecule has 0 aliphatic heterocycles. The summed E-state index contributed by atoms with van der Waals surface area (Å²) in [6.07, 6.45) is 1.56. The number of benzene rings is 1. The zero-order chi connectivity index (χ0) is 13.2. The molecule has 0 bridgehead atoms. The summed E-state index contributed by atoms with van der Waals surface area (Å²) in [6.45, 7) is 0. The lowest BCUT2D eigenvalue weighted by molar-refractivity contribution is 1.29. The van der Waals surface area contributed by atoms with Crippen LogP contribution in [0.25, 0.3) is 11.0 Å². The fourth-order valence-electron chi connectivity index (χ4n) is 1.64. The minimum Gasteiger partial charge on any atom is -0.337 e. The molecule has 0 unspecified atom stereocenters. The summed E-state index contributed by atoms with van der Waals surface area (Å²) in [5.74, 6) is 0.543. The van der Waals surface area contributed by atoms with E-state index in [2.05, 4.69) is 25.1 Å². The standard InChI is InChI=1S/C12H6ClN5S/c13-8-1-2-9-12(18-19-17-9)11(8)16-10-5-7(6-14)3-4-15-10/h1-5H,(H,15,16). The second kappa shape index (κ2) is 4.80. The monoisotopic (exact) mass is 287 g/mol. The Kier molecular flexibility index (Phi) is 2.99. The number of nitrogens with zero attached hydrogens (tertiary/aromatic N) is 4. The van der Waals surface area contributed by atoms with Gasteiger partial charge < -0.3 is 5.32 Å². The van der Waals surface area contributed by atoms with Crippen molar-refractivity contribution in [2.75, 3.05) is 5.32 Å². The van der Waals surface area contributed by atoms with Crippen molar-refractivity contribution in [2.24, 2.45) is 0 Å². The van der Waals surface area contributed by atoms with Gasteiger partial charge in [0.25, 0.3) is 0 Å². The largest absolute Gasteiger partial charge is 0.337 e. The van der Waals surface area contributed by atoms with E-state index in [1.165, 1.54) is 0 Å². The van der Waals surface area contributed by atoms with Gasteiger partial charge in [0.1, 0.15) is 16.9 Å². The van der Waals surface area contributed by atoms with E-state index in [1.54, 1.807) is 24.4 Å². The Labute approximate surface area is 117 Å². The number of nitrogens with one attached hydrogen (secondary N) is 1. The van der Waals surface area contributed by atoms with Crippen molar-refractivity contribution in [1.29, 1.82) is 5.26 Å². The number of aromatic nitrogens is 3. The number of hydrogen-bond donors (Lipinski definition) is 1. The lowest BCUT2D eigenvalue weighted by Gasteiger charge is -2.07. The van der Waals surface area contributed by atoms with Crippen LogP contribution in [0.5, 0.6) is 0 Å². The molecular weight excluding hydrogens is 282 g/mol. The van der Waals surface area contributed by atoms with Gasteiger partial charge in [-0.25, -0.2) is 4.98 Å². The molecule has 92 valence electrons. The zero-order valence-electron chi connectivity index (χ0n) is 9.46. The lowest BCUT2D eigenvalue weighted by Crippen LogP contribution is -1.95. The first-order valence-corrected chi connectivity index (χ1v) is 6.43. The summed E-state index contributed by atoms with van der Waals surface area (Å²) in [5, 5.41) is 12.5. The summed E-state index contributed by atoms with van der Waals surface area (Å²) < 4.78 is 8.36. The van der Waals surface area contributed by atoms with Crippen molar-refractivity contribution in [2.45, 2.75) is 0 Å². The van der Waals surface area contributed by atoms with Crippen molar-refractivity contribution >= 4 is 45.9 Å². The number of rotatable bonds is 2. The molecule has 0 aliphatic carbocycles. The van der Waals surface area contributed by atoms with Crippen LogP contribution in [0.4, 0.5) is 11.5 Å². The van der Waals surface area contributed by atoms with Gasteiger partial charge in [0.2, 0.25) is 0 Å². The maximum atomic E-state index is 8.87. The first kappa shape index (κ1) is 11.8. The van der Waals surface area contributed by atoms with Crippen LogP contribution in [0.15, 0.2) is 30.5 Å². The number of hydrogen-bond acceptors (Lipinski definition) is 6. The molecule has 5 nitrogen and oxygen atoms in total. The molecule has 0 amide bonds. The average molecular weight is 288 g/mol. The third kappa shape index (κ3) is 2.21. The highest BCUT2D eigenvalue weighted by Crippen LogP contribution is 2.31. The van der Waals surface area contributed by atoms with Gasteiger partial charge in [0.05, 0.1) is 34.1 Å². The van der Waals surface area contributed by atoms with Gasteiger partial charge in [-0.2, -0.15) is 14.0 Å². The Morgan fingerprint density at radius 2 is 2.16 bits per heavy atom. The van der Waals surface area contributed by atoms with Gasteiger partial charge in [-0.1, -0.05) is 11.6 Å². The predicted octanol–water partition coefficient (Wildman–Crippen LogP) is 3.35. The highest BCUT2D eigenvalue weighted by Gasteiger charge is 2.10. The molecule has 7 heteroatoms. The van der Waals surface area contributed by atoms with Crippen LogP contribution in [0, 0.1) is 11.3 Å². The molecule has 2 heterocycles. The maximum absolute atomic E-state index is 8.87. The number of halogens is 1. The molecule has 3 rings (SSSR count). The van der Waals surface area contributed by atoms with Crippen molar-refractivity contribution in [3.05, 3.63) is 41.0 Å². The quantitative estimate of drug-likeness (QED) is 0.782. The molecule has 0 spiro atoms. The Balaban J connectivity index is 2.07. The van der Waals surface area contributed by atoms with Crippen LogP contribution >= 0.6 is 23.3 Å². The Hall–Kier alpha value is -2.23. The van der Waals surface area contributed by atoms with Crippen LogP contribution in [0.1, 0.15) is 5.56 Å². The van der Waals surface area contributed by atoms with E-state index in [0.717, 1.165) is 17.2 Å². The maximum Gasteiger partial charge on any atom is 0.131 e. The van der Waals surface area contributed by atoms with E-state index in [4.69, 9.17) is 16.9 Å². The van der Waals surface area contributed by atoms with Gasteiger partial charge in [-0.3, -0.25) is 0 Å². The molecule has 0 aliphatic rings. The third-order valence-electron chi connectivity index (χ3n) is 2.52. The molecule has 3 aromatic rings. The molecule has 1 N–H and O–H groups in total. The van der Waals surface area contributed by atoms with Crippen molar-refractivity contribution < 1.29 is 0 Å². The molecule has 1 aromatic carbocycles. The highest BCUT2D eigenvalue weighted by molar-refractivity contribution is 7.00. The topological polar surface area (TPSA) is 74.5 Å². The minimum absolute atomic E-state index is 0.525. The van der Waals surface area contributed by atoms with Crippen LogP contribution in [-0.2, 0) is 0 Å². The molecule has 19 heavy (non-hydrogen) atoms. The van der Waals surface area contributed by atoms with E-state index in [0.29, 0.717) is 27.6 Å². The van der Waals surface area contributed by atoms with E-state index >= 15 is 0 Å². The smallest absolute Gasteiger partial charge is 0.131 e. The number of pyridine rings is 1. The van der Waals surface area contributed by atoms with Crippen molar-refractivity contribution in [3.63, 3.8) is 0 Å². The first-order chi connectivity index (χ1) is 9.28. The summed E-state index contributed by atoms with van der Waals surface area (Å²) in [5.41, 5.74) is 2.64. The summed E-state index contributed by atoms with van der Waals surface area (Å²) in [4.78, 5) is 4.15. The van der Waals surface area contributed by atoms with Gasteiger partial charge in [0.15, 0.2) is 0 Å². The van der Waals surface area contributed by atoms with E-state index < -0.39 is 0 Å². The Bertz CT molecular complexity index is 792. The molecule has 0 atom stereocenters. The normalized spacial score (nSPS) is 10.3. The fourth-order valence-corrected chi connectivity index (χ4v) is 2.38. The van der Waals surface area contributed by atoms with Gasteiger partial charge in [-0.15, -0.1) is 0 Å². The van der Waals surface area contributed by atoms with Gasteiger partial charge in [-0.05, 0) is 24.3 Å². The van der Waals surface area contributed by atoms with Crippen molar-refractivity contribution in [1.82, 2.24) is 13.7 Å². The van der Waals surface area contributed by atoms with Gasteiger partial charge in [0, 0.05) is 6.20 Å². The van der Waals surface area contributed by atoms with E-state index in [9.17, 15) is 0 Å². The SMILES string of the molecule is N#Cc1ccnc(Nc2c(Cl)ccc3nsnc23)c1. The molecular formula is C12H6ClN5S. The van der Waals surface area contributed by atoms with Crippen LogP contribution in [0.2, 0.25) is 5.02 Å². The molecule has 0 fully saturated rings. The summed E-state index contributed by atoms with van der Waals surface area (Å²) >= 11 is 7.29. The molecule has 0 saturated heterocycles.